The minimum absolute atomic E-state index is 0.246. The normalized spacial score (nSPS) is 17.7. The highest BCUT2D eigenvalue weighted by Crippen LogP contribution is 2.16. The number of aryl methyl sites for hydroxylation is 1. The maximum atomic E-state index is 12.0. The van der Waals surface area contributed by atoms with Crippen molar-refractivity contribution in [2.75, 3.05) is 19.7 Å². The van der Waals surface area contributed by atoms with Crippen molar-refractivity contribution in [2.45, 2.75) is 39.0 Å². The van der Waals surface area contributed by atoms with Crippen LogP contribution in [0.25, 0.3) is 0 Å². The van der Waals surface area contributed by atoms with Crippen LogP contribution in [0.3, 0.4) is 0 Å². The SMILES string of the molecule is Cc1cc(=O)n(CCN(Cc2ccsc2)C[C@@H]2CCCO2)c(=O)[nH]1. The molecule has 0 bridgehead atoms. The Labute approximate surface area is 144 Å². The summed E-state index contributed by atoms with van der Waals surface area (Å²) in [5, 5.41) is 4.20. The van der Waals surface area contributed by atoms with E-state index >= 15 is 0 Å². The molecule has 0 saturated carbocycles. The van der Waals surface area contributed by atoms with E-state index in [0.29, 0.717) is 18.8 Å². The zero-order chi connectivity index (χ0) is 16.9. The molecule has 0 unspecified atom stereocenters. The van der Waals surface area contributed by atoms with Crippen molar-refractivity contribution < 1.29 is 4.74 Å². The van der Waals surface area contributed by atoms with Gasteiger partial charge in [-0.05, 0) is 42.2 Å². The van der Waals surface area contributed by atoms with Crippen molar-refractivity contribution >= 4 is 11.3 Å². The Bertz CT molecular complexity index is 729. The third-order valence-electron chi connectivity index (χ3n) is 4.27. The Morgan fingerprint density at radius 1 is 1.46 bits per heavy atom. The van der Waals surface area contributed by atoms with Crippen LogP contribution in [0.4, 0.5) is 0 Å². The van der Waals surface area contributed by atoms with Crippen molar-refractivity contribution in [2.24, 2.45) is 0 Å². The maximum Gasteiger partial charge on any atom is 0.328 e. The molecule has 1 fully saturated rings. The van der Waals surface area contributed by atoms with Crippen molar-refractivity contribution in [1.29, 1.82) is 0 Å². The highest BCUT2D eigenvalue weighted by molar-refractivity contribution is 7.07. The lowest BCUT2D eigenvalue weighted by atomic mass is 10.2. The zero-order valence-electron chi connectivity index (χ0n) is 13.9. The average Bonchev–Trinajstić information content (AvgIpc) is 3.19. The molecule has 3 heterocycles. The summed E-state index contributed by atoms with van der Waals surface area (Å²) in [6, 6.07) is 3.57. The second-order valence-corrected chi connectivity index (χ2v) is 7.03. The largest absolute Gasteiger partial charge is 0.377 e. The topological polar surface area (TPSA) is 67.3 Å². The Hall–Kier alpha value is -1.70. The molecular weight excluding hydrogens is 326 g/mol. The Kier molecular flexibility index (Phi) is 5.65. The van der Waals surface area contributed by atoms with E-state index in [9.17, 15) is 9.59 Å². The molecular formula is C17H23N3O3S. The number of nitrogens with one attached hydrogen (secondary N) is 1. The number of aromatic nitrogens is 2. The van der Waals surface area contributed by atoms with Gasteiger partial charge in [0.2, 0.25) is 0 Å². The molecule has 0 spiro atoms. The van der Waals surface area contributed by atoms with E-state index in [2.05, 4.69) is 26.7 Å². The van der Waals surface area contributed by atoms with Crippen LogP contribution in [0.2, 0.25) is 0 Å². The molecule has 1 aliphatic rings. The first kappa shape index (κ1) is 17.1. The van der Waals surface area contributed by atoms with E-state index in [1.165, 1.54) is 16.2 Å². The molecule has 24 heavy (non-hydrogen) atoms. The molecule has 0 aliphatic carbocycles. The van der Waals surface area contributed by atoms with E-state index in [0.717, 1.165) is 32.5 Å². The van der Waals surface area contributed by atoms with Gasteiger partial charge < -0.3 is 9.72 Å². The lowest BCUT2D eigenvalue weighted by Crippen LogP contribution is -2.40. The highest BCUT2D eigenvalue weighted by Gasteiger charge is 2.19. The molecule has 2 aromatic rings. The number of aromatic amines is 1. The molecule has 1 atom stereocenters. The number of ether oxygens (including phenoxy) is 1. The van der Waals surface area contributed by atoms with Crippen LogP contribution in [0.15, 0.2) is 32.5 Å². The number of nitrogens with zero attached hydrogens (tertiary/aromatic N) is 2. The molecule has 0 aromatic carbocycles. The van der Waals surface area contributed by atoms with Crippen LogP contribution in [0.5, 0.6) is 0 Å². The van der Waals surface area contributed by atoms with Gasteiger partial charge in [0.15, 0.2) is 0 Å². The molecule has 6 nitrogen and oxygen atoms in total. The lowest BCUT2D eigenvalue weighted by molar-refractivity contribution is 0.0691. The summed E-state index contributed by atoms with van der Waals surface area (Å²) in [5.74, 6) is 0. The molecule has 0 amide bonds. The van der Waals surface area contributed by atoms with Crippen LogP contribution in [0, 0.1) is 6.92 Å². The van der Waals surface area contributed by atoms with Gasteiger partial charge in [-0.1, -0.05) is 0 Å². The summed E-state index contributed by atoms with van der Waals surface area (Å²) in [6.07, 6.45) is 2.43. The van der Waals surface area contributed by atoms with E-state index in [1.54, 1.807) is 18.3 Å². The summed E-state index contributed by atoms with van der Waals surface area (Å²) < 4.78 is 7.01. The van der Waals surface area contributed by atoms with Gasteiger partial charge in [-0.25, -0.2) is 4.79 Å². The fourth-order valence-corrected chi connectivity index (χ4v) is 3.70. The summed E-state index contributed by atoms with van der Waals surface area (Å²) in [6.45, 7) is 5.20. The molecule has 3 rings (SSSR count). The molecule has 1 aliphatic heterocycles. The van der Waals surface area contributed by atoms with E-state index < -0.39 is 0 Å². The van der Waals surface area contributed by atoms with Crippen LogP contribution < -0.4 is 11.2 Å². The predicted octanol–water partition coefficient (Wildman–Crippen LogP) is 1.59. The number of H-pyrrole nitrogens is 1. The quantitative estimate of drug-likeness (QED) is 0.824. The first-order chi connectivity index (χ1) is 11.6. The lowest BCUT2D eigenvalue weighted by Gasteiger charge is -2.25. The van der Waals surface area contributed by atoms with Crippen LogP contribution in [-0.4, -0.2) is 40.3 Å². The second-order valence-electron chi connectivity index (χ2n) is 6.25. The van der Waals surface area contributed by atoms with Crippen LogP contribution in [-0.2, 0) is 17.8 Å². The van der Waals surface area contributed by atoms with E-state index in [1.807, 2.05) is 0 Å². The Morgan fingerprint density at radius 2 is 2.33 bits per heavy atom. The third-order valence-corrected chi connectivity index (χ3v) is 5.00. The minimum Gasteiger partial charge on any atom is -0.377 e. The van der Waals surface area contributed by atoms with Gasteiger partial charge in [-0.15, -0.1) is 0 Å². The number of thiophene rings is 1. The second kappa shape index (κ2) is 7.92. The smallest absolute Gasteiger partial charge is 0.328 e. The summed E-state index contributed by atoms with van der Waals surface area (Å²) in [7, 11) is 0. The van der Waals surface area contributed by atoms with Gasteiger partial charge in [0.05, 0.1) is 6.10 Å². The third kappa shape index (κ3) is 4.43. The van der Waals surface area contributed by atoms with Gasteiger partial charge in [-0.3, -0.25) is 14.3 Å². The Morgan fingerprint density at radius 3 is 3.00 bits per heavy atom. The molecule has 2 aromatic heterocycles. The first-order valence-electron chi connectivity index (χ1n) is 8.27. The number of rotatable bonds is 7. The average molecular weight is 349 g/mol. The van der Waals surface area contributed by atoms with Crippen molar-refractivity contribution in [3.05, 3.63) is 55.0 Å². The molecule has 130 valence electrons. The van der Waals surface area contributed by atoms with Crippen LogP contribution in [0.1, 0.15) is 24.1 Å². The highest BCUT2D eigenvalue weighted by atomic mass is 32.1. The van der Waals surface area contributed by atoms with Gasteiger partial charge in [0, 0.05) is 44.5 Å². The van der Waals surface area contributed by atoms with Crippen molar-refractivity contribution in [1.82, 2.24) is 14.5 Å². The van der Waals surface area contributed by atoms with Crippen molar-refractivity contribution in [3.63, 3.8) is 0 Å². The van der Waals surface area contributed by atoms with Gasteiger partial charge in [0.1, 0.15) is 0 Å². The summed E-state index contributed by atoms with van der Waals surface area (Å²) in [5.41, 5.74) is 1.26. The molecule has 0 radical (unpaired) electrons. The summed E-state index contributed by atoms with van der Waals surface area (Å²) in [4.78, 5) is 29.0. The van der Waals surface area contributed by atoms with Gasteiger partial charge in [-0.2, -0.15) is 11.3 Å². The van der Waals surface area contributed by atoms with Gasteiger partial charge >= 0.3 is 5.69 Å². The monoisotopic (exact) mass is 349 g/mol. The Balaban J connectivity index is 1.69. The first-order valence-corrected chi connectivity index (χ1v) is 9.22. The number of hydrogen-bond donors (Lipinski definition) is 1. The zero-order valence-corrected chi connectivity index (χ0v) is 14.7. The molecule has 1 saturated heterocycles. The number of hydrogen-bond acceptors (Lipinski definition) is 5. The van der Waals surface area contributed by atoms with Crippen molar-refractivity contribution in [3.8, 4) is 0 Å². The fourth-order valence-electron chi connectivity index (χ4n) is 3.04. The minimum atomic E-state index is -0.340. The van der Waals surface area contributed by atoms with Crippen LogP contribution >= 0.6 is 11.3 Å². The predicted molar refractivity (Wildman–Crippen MR) is 94.6 cm³/mol. The standard InChI is InChI=1S/C17H23N3O3S/c1-13-9-16(21)20(17(22)18-13)6-5-19(10-14-4-8-24-12-14)11-15-3-2-7-23-15/h4,8-9,12,15H,2-3,5-7,10-11H2,1H3,(H,18,22)/t15-/m0/s1. The summed E-state index contributed by atoms with van der Waals surface area (Å²) >= 11 is 1.68. The fraction of sp³-hybridized carbons (Fsp3) is 0.529. The van der Waals surface area contributed by atoms with Gasteiger partial charge in [0.25, 0.3) is 5.56 Å². The molecule has 1 N–H and O–H groups in total. The molecule has 7 heteroatoms. The van der Waals surface area contributed by atoms with E-state index in [4.69, 9.17) is 4.74 Å². The van der Waals surface area contributed by atoms with E-state index in [-0.39, 0.29) is 17.4 Å². The maximum absolute atomic E-state index is 12.0.